The minimum atomic E-state index is -0.0986. The van der Waals surface area contributed by atoms with E-state index in [1.54, 1.807) is 0 Å². The Labute approximate surface area is 132 Å². The van der Waals surface area contributed by atoms with Gasteiger partial charge in [0, 0.05) is 0 Å². The van der Waals surface area contributed by atoms with Crippen molar-refractivity contribution in [3.63, 3.8) is 0 Å². The Hall–Kier alpha value is -1.64. The lowest BCUT2D eigenvalue weighted by atomic mass is 9.76. The summed E-state index contributed by atoms with van der Waals surface area (Å²) >= 11 is 0. The number of hydrogen-bond acceptors (Lipinski definition) is 2. The van der Waals surface area contributed by atoms with Crippen LogP contribution in [0.1, 0.15) is 52.5 Å². The van der Waals surface area contributed by atoms with Gasteiger partial charge in [0.05, 0.1) is 17.5 Å². The van der Waals surface area contributed by atoms with E-state index in [-0.39, 0.29) is 29.1 Å². The summed E-state index contributed by atoms with van der Waals surface area (Å²) in [6, 6.07) is 7.88. The van der Waals surface area contributed by atoms with Gasteiger partial charge < -0.3 is 0 Å². The van der Waals surface area contributed by atoms with Crippen LogP contribution in [0.25, 0.3) is 0 Å². The number of nitrogens with zero attached hydrogens (tertiary/aromatic N) is 1. The average molecular weight is 299 g/mol. The van der Waals surface area contributed by atoms with Gasteiger partial charge >= 0.3 is 0 Å². The van der Waals surface area contributed by atoms with E-state index in [1.807, 2.05) is 24.3 Å². The quantitative estimate of drug-likeness (QED) is 0.737. The highest BCUT2D eigenvalue weighted by atomic mass is 16.2. The average Bonchev–Trinajstić information content (AvgIpc) is 2.70. The molecule has 1 aliphatic carbocycles. The summed E-state index contributed by atoms with van der Waals surface area (Å²) in [5.41, 5.74) is 2.01. The van der Waals surface area contributed by atoms with Crippen LogP contribution in [-0.4, -0.2) is 11.8 Å². The summed E-state index contributed by atoms with van der Waals surface area (Å²) in [6.07, 6.45) is 2.76. The predicted octanol–water partition coefficient (Wildman–Crippen LogP) is 3.91. The van der Waals surface area contributed by atoms with E-state index in [9.17, 15) is 9.59 Å². The molecule has 3 rings (SSSR count). The number of carbonyl (C=O) groups is 2. The normalized spacial score (nSPS) is 28.9. The second kappa shape index (κ2) is 5.22. The zero-order valence-corrected chi connectivity index (χ0v) is 13.9. The first kappa shape index (κ1) is 15.3. The number of amides is 2. The second-order valence-corrected chi connectivity index (χ2v) is 7.94. The molecule has 3 nitrogen and oxygen atoms in total. The van der Waals surface area contributed by atoms with E-state index in [0.29, 0.717) is 5.92 Å². The predicted molar refractivity (Wildman–Crippen MR) is 87.6 cm³/mol. The van der Waals surface area contributed by atoms with Crippen molar-refractivity contribution in [2.75, 3.05) is 4.90 Å². The molecule has 118 valence electrons. The van der Waals surface area contributed by atoms with Crippen molar-refractivity contribution in [2.24, 2.45) is 17.8 Å². The van der Waals surface area contributed by atoms with Crippen molar-refractivity contribution in [2.45, 2.75) is 52.4 Å². The molecule has 2 aliphatic rings. The van der Waals surface area contributed by atoms with Gasteiger partial charge in [0.2, 0.25) is 11.8 Å². The monoisotopic (exact) mass is 299 g/mol. The molecule has 1 aliphatic heterocycles. The maximum atomic E-state index is 12.7. The van der Waals surface area contributed by atoms with Crippen LogP contribution < -0.4 is 4.90 Å². The molecule has 22 heavy (non-hydrogen) atoms. The Balaban J connectivity index is 1.89. The smallest absolute Gasteiger partial charge is 0.237 e. The fourth-order valence-corrected chi connectivity index (χ4v) is 3.75. The molecule has 1 aromatic rings. The minimum absolute atomic E-state index is 0.00468. The topological polar surface area (TPSA) is 37.4 Å². The Morgan fingerprint density at radius 1 is 0.955 bits per heavy atom. The van der Waals surface area contributed by atoms with Gasteiger partial charge in [0.1, 0.15) is 0 Å². The molecule has 0 unspecified atom stereocenters. The van der Waals surface area contributed by atoms with Crippen LogP contribution in [-0.2, 0) is 15.0 Å². The standard InChI is InChI=1S/C19H25NO2/c1-12-5-10-15-16(11-12)18(22)20(17(15)21)14-8-6-13(7-9-14)19(2,3)4/h6-9,12,15-16H,5,10-11H2,1-4H3/t12-,15-,16-/m1/s1. The fraction of sp³-hybridized carbons (Fsp3) is 0.579. The molecule has 1 saturated carbocycles. The molecule has 3 heteroatoms. The van der Waals surface area contributed by atoms with Crippen molar-refractivity contribution < 1.29 is 9.59 Å². The third-order valence-electron chi connectivity index (χ3n) is 5.18. The Kier molecular flexibility index (Phi) is 3.62. The van der Waals surface area contributed by atoms with Crippen molar-refractivity contribution in [3.8, 4) is 0 Å². The first-order valence-electron chi connectivity index (χ1n) is 8.27. The number of imide groups is 1. The number of rotatable bonds is 1. The van der Waals surface area contributed by atoms with Gasteiger partial charge in [-0.2, -0.15) is 0 Å². The van der Waals surface area contributed by atoms with Crippen LogP contribution in [0.15, 0.2) is 24.3 Å². The Bertz CT molecular complexity index is 597. The van der Waals surface area contributed by atoms with Gasteiger partial charge in [-0.05, 0) is 48.3 Å². The Morgan fingerprint density at radius 3 is 2.14 bits per heavy atom. The maximum Gasteiger partial charge on any atom is 0.237 e. The van der Waals surface area contributed by atoms with Crippen LogP contribution in [0.2, 0.25) is 0 Å². The molecule has 3 atom stereocenters. The van der Waals surface area contributed by atoms with Crippen LogP contribution in [0.4, 0.5) is 5.69 Å². The molecule has 0 N–H and O–H groups in total. The highest BCUT2D eigenvalue weighted by molar-refractivity contribution is 6.22. The number of fused-ring (bicyclic) bond motifs is 1. The molecular weight excluding hydrogens is 274 g/mol. The first-order valence-corrected chi connectivity index (χ1v) is 8.27. The van der Waals surface area contributed by atoms with Gasteiger partial charge in [-0.15, -0.1) is 0 Å². The largest absolute Gasteiger partial charge is 0.274 e. The molecule has 0 bridgehead atoms. The fourth-order valence-electron chi connectivity index (χ4n) is 3.75. The van der Waals surface area contributed by atoms with Crippen molar-refractivity contribution in [1.82, 2.24) is 0 Å². The van der Waals surface area contributed by atoms with Crippen molar-refractivity contribution in [1.29, 1.82) is 0 Å². The molecule has 1 aromatic carbocycles. The summed E-state index contributed by atoms with van der Waals surface area (Å²) in [5.74, 6) is 0.362. The summed E-state index contributed by atoms with van der Waals surface area (Å²) in [4.78, 5) is 26.8. The third-order valence-corrected chi connectivity index (χ3v) is 5.18. The number of hydrogen-bond donors (Lipinski definition) is 0. The molecule has 2 amide bonds. The van der Waals surface area contributed by atoms with Crippen LogP contribution in [0, 0.1) is 17.8 Å². The highest BCUT2D eigenvalue weighted by Crippen LogP contribution is 2.42. The summed E-state index contributed by atoms with van der Waals surface area (Å²) in [7, 11) is 0. The van der Waals surface area contributed by atoms with Crippen LogP contribution >= 0.6 is 0 Å². The van der Waals surface area contributed by atoms with Gasteiger partial charge in [-0.1, -0.05) is 39.8 Å². The Morgan fingerprint density at radius 2 is 1.55 bits per heavy atom. The lowest BCUT2D eigenvalue weighted by molar-refractivity contribution is -0.122. The summed E-state index contributed by atoms with van der Waals surface area (Å²) < 4.78 is 0. The molecule has 2 fully saturated rings. The molecule has 0 aromatic heterocycles. The minimum Gasteiger partial charge on any atom is -0.274 e. The van der Waals surface area contributed by atoms with E-state index in [2.05, 4.69) is 27.7 Å². The van der Waals surface area contributed by atoms with Gasteiger partial charge in [0.15, 0.2) is 0 Å². The van der Waals surface area contributed by atoms with Crippen LogP contribution in [0.3, 0.4) is 0 Å². The van der Waals surface area contributed by atoms with Gasteiger partial charge in [-0.3, -0.25) is 14.5 Å². The molecule has 0 radical (unpaired) electrons. The summed E-state index contributed by atoms with van der Waals surface area (Å²) in [6.45, 7) is 8.65. The van der Waals surface area contributed by atoms with Crippen LogP contribution in [0.5, 0.6) is 0 Å². The molecule has 1 saturated heterocycles. The lowest BCUT2D eigenvalue weighted by Crippen LogP contribution is -2.30. The van der Waals surface area contributed by atoms with Crippen molar-refractivity contribution >= 4 is 17.5 Å². The second-order valence-electron chi connectivity index (χ2n) is 7.94. The first-order chi connectivity index (χ1) is 10.3. The van der Waals surface area contributed by atoms with E-state index in [4.69, 9.17) is 0 Å². The SMILES string of the molecule is C[C@@H]1CC[C@H]2C(=O)N(c3ccc(C(C)(C)C)cc3)C(=O)[C@@H]2C1. The number of benzene rings is 1. The maximum absolute atomic E-state index is 12.7. The van der Waals surface area contributed by atoms with Crippen molar-refractivity contribution in [3.05, 3.63) is 29.8 Å². The third kappa shape index (κ3) is 2.47. The highest BCUT2D eigenvalue weighted by Gasteiger charge is 2.49. The van der Waals surface area contributed by atoms with E-state index >= 15 is 0 Å². The number of carbonyl (C=O) groups excluding carboxylic acids is 2. The number of anilines is 1. The molecular formula is C19H25NO2. The lowest BCUT2D eigenvalue weighted by Gasteiger charge is -2.25. The van der Waals surface area contributed by atoms with E-state index < -0.39 is 0 Å². The zero-order valence-electron chi connectivity index (χ0n) is 13.9. The van der Waals surface area contributed by atoms with E-state index in [1.165, 1.54) is 10.5 Å². The molecule has 0 spiro atoms. The summed E-state index contributed by atoms with van der Waals surface area (Å²) in [5, 5.41) is 0. The zero-order chi connectivity index (χ0) is 16.1. The van der Waals surface area contributed by atoms with E-state index in [0.717, 1.165) is 24.9 Å². The van der Waals surface area contributed by atoms with Gasteiger partial charge in [-0.25, -0.2) is 0 Å². The molecule has 1 heterocycles. The van der Waals surface area contributed by atoms with Gasteiger partial charge in [0.25, 0.3) is 0 Å².